The van der Waals surface area contributed by atoms with Crippen LogP contribution in [0.3, 0.4) is 0 Å². The molecule has 0 unspecified atom stereocenters. The van der Waals surface area contributed by atoms with Crippen LogP contribution in [0.1, 0.15) is 46.9 Å². The van der Waals surface area contributed by atoms with Gasteiger partial charge in [0.2, 0.25) is 0 Å². The van der Waals surface area contributed by atoms with Crippen LogP contribution >= 0.6 is 0 Å². The zero-order valence-corrected chi connectivity index (χ0v) is 15.3. The van der Waals surface area contributed by atoms with Crippen molar-refractivity contribution in [1.82, 2.24) is 20.1 Å². The largest absolute Gasteiger partial charge is 0.352 e. The van der Waals surface area contributed by atoms with Crippen LogP contribution in [0.25, 0.3) is 11.0 Å². The Bertz CT molecular complexity index is 960. The van der Waals surface area contributed by atoms with E-state index in [1.807, 2.05) is 20.0 Å². The van der Waals surface area contributed by atoms with Gasteiger partial charge < -0.3 is 5.32 Å². The van der Waals surface area contributed by atoms with E-state index in [1.54, 1.807) is 4.68 Å². The molecule has 1 aliphatic heterocycles. The lowest BCUT2D eigenvalue weighted by atomic mass is 10.1. The molecule has 2 fully saturated rings. The van der Waals surface area contributed by atoms with Gasteiger partial charge in [-0.2, -0.15) is 5.10 Å². The number of sulfone groups is 1. The molecule has 2 aromatic heterocycles. The van der Waals surface area contributed by atoms with Gasteiger partial charge in [0.05, 0.1) is 28.1 Å². The number of carbonyl (C=O) groups excluding carboxylic acids is 1. The number of amides is 1. The van der Waals surface area contributed by atoms with Crippen molar-refractivity contribution in [1.29, 1.82) is 0 Å². The number of nitrogens with zero attached hydrogens (tertiary/aromatic N) is 3. The van der Waals surface area contributed by atoms with Gasteiger partial charge in [0.15, 0.2) is 15.5 Å². The Labute approximate surface area is 146 Å². The third-order valence-electron chi connectivity index (χ3n) is 5.11. The summed E-state index contributed by atoms with van der Waals surface area (Å²) in [5, 5.41) is 8.11. The van der Waals surface area contributed by atoms with E-state index in [2.05, 4.69) is 10.4 Å². The maximum absolute atomic E-state index is 12.8. The van der Waals surface area contributed by atoms with E-state index in [0.29, 0.717) is 24.4 Å². The highest BCUT2D eigenvalue weighted by Crippen LogP contribution is 2.40. The predicted molar refractivity (Wildman–Crippen MR) is 94.3 cm³/mol. The maximum Gasteiger partial charge on any atom is 0.252 e. The van der Waals surface area contributed by atoms with Gasteiger partial charge in [-0.3, -0.25) is 9.48 Å². The summed E-state index contributed by atoms with van der Waals surface area (Å²) in [6, 6.07) is 1.88. The Balaban J connectivity index is 1.62. The first-order valence-electron chi connectivity index (χ1n) is 8.67. The fraction of sp³-hybridized carbons (Fsp3) is 0.588. The number of pyridine rings is 1. The third kappa shape index (κ3) is 3.15. The molecule has 1 saturated carbocycles. The van der Waals surface area contributed by atoms with Gasteiger partial charge in [-0.1, -0.05) is 0 Å². The van der Waals surface area contributed by atoms with Crippen molar-refractivity contribution >= 4 is 26.8 Å². The van der Waals surface area contributed by atoms with E-state index < -0.39 is 9.84 Å². The number of aromatic nitrogens is 3. The quantitative estimate of drug-likeness (QED) is 0.885. The molecule has 1 amide bonds. The first-order chi connectivity index (χ1) is 11.8. The summed E-state index contributed by atoms with van der Waals surface area (Å²) >= 11 is 0. The Morgan fingerprint density at radius 2 is 2.12 bits per heavy atom. The molecule has 0 radical (unpaired) electrons. The molecule has 7 nitrogen and oxygen atoms in total. The minimum absolute atomic E-state index is 0.00387. The number of rotatable bonds is 4. The van der Waals surface area contributed by atoms with Crippen molar-refractivity contribution in [2.75, 3.05) is 18.1 Å². The standard InChI is InChI=1S/C17H22N4O3S/c1-10-15-13(17(22)18-8-11-5-6-25(23,24)9-11)7-14(12-3-4-12)19-16(15)21(2)20-10/h7,11-12H,3-6,8-9H2,1-2H3,(H,18,22)/t11-/m1/s1. The van der Waals surface area contributed by atoms with E-state index in [1.165, 1.54) is 0 Å². The van der Waals surface area contributed by atoms with Gasteiger partial charge in [0.1, 0.15) is 0 Å². The summed E-state index contributed by atoms with van der Waals surface area (Å²) in [4.78, 5) is 17.5. The second-order valence-corrected chi connectivity index (χ2v) is 9.48. The van der Waals surface area contributed by atoms with E-state index in [9.17, 15) is 13.2 Å². The molecule has 1 N–H and O–H groups in total. The molecule has 2 aromatic rings. The minimum atomic E-state index is -2.93. The van der Waals surface area contributed by atoms with Crippen molar-refractivity contribution in [3.63, 3.8) is 0 Å². The topological polar surface area (TPSA) is 93.9 Å². The molecule has 0 spiro atoms. The molecule has 1 aliphatic carbocycles. The zero-order valence-electron chi connectivity index (χ0n) is 14.4. The van der Waals surface area contributed by atoms with Crippen LogP contribution < -0.4 is 5.32 Å². The van der Waals surface area contributed by atoms with Crippen LogP contribution in [-0.2, 0) is 16.9 Å². The van der Waals surface area contributed by atoms with Crippen LogP contribution in [0, 0.1) is 12.8 Å². The van der Waals surface area contributed by atoms with Gasteiger partial charge in [0, 0.05) is 25.2 Å². The average Bonchev–Trinajstić information content (AvgIpc) is 3.29. The summed E-state index contributed by atoms with van der Waals surface area (Å²) in [6.45, 7) is 2.26. The average molecular weight is 362 g/mol. The van der Waals surface area contributed by atoms with E-state index in [-0.39, 0.29) is 23.3 Å². The van der Waals surface area contributed by atoms with Crippen molar-refractivity contribution in [2.45, 2.75) is 32.1 Å². The SMILES string of the molecule is Cc1nn(C)c2nc(C3CC3)cc(C(=O)NC[C@H]3CCS(=O)(=O)C3)c12. The van der Waals surface area contributed by atoms with Gasteiger partial charge in [0.25, 0.3) is 5.91 Å². The lowest BCUT2D eigenvalue weighted by Gasteiger charge is -2.11. The number of carbonyl (C=O) groups is 1. The smallest absolute Gasteiger partial charge is 0.252 e. The first kappa shape index (κ1) is 16.5. The molecule has 134 valence electrons. The highest BCUT2D eigenvalue weighted by Gasteiger charge is 2.30. The van der Waals surface area contributed by atoms with Gasteiger partial charge in [-0.25, -0.2) is 13.4 Å². The van der Waals surface area contributed by atoms with E-state index in [4.69, 9.17) is 4.98 Å². The number of nitrogens with one attached hydrogen (secondary N) is 1. The van der Waals surface area contributed by atoms with Crippen LogP contribution in [0.15, 0.2) is 6.07 Å². The van der Waals surface area contributed by atoms with Gasteiger partial charge >= 0.3 is 0 Å². The Kier molecular flexibility index (Phi) is 3.82. The summed E-state index contributed by atoms with van der Waals surface area (Å²) in [7, 11) is -1.09. The van der Waals surface area contributed by atoms with E-state index >= 15 is 0 Å². The lowest BCUT2D eigenvalue weighted by Crippen LogP contribution is -2.30. The number of hydrogen-bond donors (Lipinski definition) is 1. The van der Waals surface area contributed by atoms with Crippen molar-refractivity contribution in [3.8, 4) is 0 Å². The molecule has 1 saturated heterocycles. The highest BCUT2D eigenvalue weighted by atomic mass is 32.2. The maximum atomic E-state index is 12.8. The molecule has 0 aromatic carbocycles. The summed E-state index contributed by atoms with van der Waals surface area (Å²) in [5.41, 5.74) is 3.05. The first-order valence-corrected chi connectivity index (χ1v) is 10.5. The van der Waals surface area contributed by atoms with Gasteiger partial charge in [-0.05, 0) is 38.2 Å². The van der Waals surface area contributed by atoms with Crippen LogP contribution in [0.4, 0.5) is 0 Å². The zero-order chi connectivity index (χ0) is 17.8. The molecule has 3 heterocycles. The second-order valence-electron chi connectivity index (χ2n) is 7.26. The molecule has 2 aliphatic rings. The summed E-state index contributed by atoms with van der Waals surface area (Å²) < 4.78 is 24.9. The van der Waals surface area contributed by atoms with E-state index in [0.717, 1.165) is 35.3 Å². The number of hydrogen-bond acceptors (Lipinski definition) is 5. The second kappa shape index (κ2) is 5.79. The fourth-order valence-electron chi connectivity index (χ4n) is 3.60. The molecule has 25 heavy (non-hydrogen) atoms. The molecule has 0 bridgehead atoms. The van der Waals surface area contributed by atoms with Crippen LogP contribution in [-0.4, -0.2) is 47.1 Å². The fourth-order valence-corrected chi connectivity index (χ4v) is 5.46. The van der Waals surface area contributed by atoms with Gasteiger partial charge in [-0.15, -0.1) is 0 Å². The lowest BCUT2D eigenvalue weighted by molar-refractivity contribution is 0.0950. The minimum Gasteiger partial charge on any atom is -0.352 e. The molecule has 1 atom stereocenters. The summed E-state index contributed by atoms with van der Waals surface area (Å²) in [6.07, 6.45) is 2.83. The van der Waals surface area contributed by atoms with Crippen LogP contribution in [0.2, 0.25) is 0 Å². The Hall–Kier alpha value is -1.96. The Morgan fingerprint density at radius 3 is 2.76 bits per heavy atom. The predicted octanol–water partition coefficient (Wildman–Crippen LogP) is 1.32. The van der Waals surface area contributed by atoms with Crippen LogP contribution in [0.5, 0.6) is 0 Å². The molecular weight excluding hydrogens is 340 g/mol. The third-order valence-corrected chi connectivity index (χ3v) is 6.94. The van der Waals surface area contributed by atoms with Crippen molar-refractivity contribution < 1.29 is 13.2 Å². The number of aryl methyl sites for hydroxylation is 2. The Morgan fingerprint density at radius 1 is 1.36 bits per heavy atom. The molecule has 8 heteroatoms. The molecule has 4 rings (SSSR count). The molecular formula is C17H22N4O3S. The summed E-state index contributed by atoms with van der Waals surface area (Å²) in [5.74, 6) is 0.656. The monoisotopic (exact) mass is 362 g/mol. The number of fused-ring (bicyclic) bond motifs is 1. The highest BCUT2D eigenvalue weighted by molar-refractivity contribution is 7.91. The van der Waals surface area contributed by atoms with Crippen molar-refractivity contribution in [2.24, 2.45) is 13.0 Å². The normalized spacial score (nSPS) is 22.4. The van der Waals surface area contributed by atoms with Crippen molar-refractivity contribution in [3.05, 3.63) is 23.0 Å².